The number of nitrogens with zero attached hydrogens (tertiary/aromatic N) is 4. The molecule has 0 spiro atoms. The Hall–Kier alpha value is -1.38. The number of ether oxygens (including phenoxy) is 1. The lowest BCUT2D eigenvalue weighted by molar-refractivity contribution is 0.0233. The van der Waals surface area contributed by atoms with E-state index >= 15 is 0 Å². The number of likely N-dealkylation sites (N-methyl/N-ethyl adjacent to an activating group) is 1. The third kappa shape index (κ3) is 4.39. The highest BCUT2D eigenvalue weighted by atomic mass is 79.9. The van der Waals surface area contributed by atoms with Crippen molar-refractivity contribution in [3.8, 4) is 0 Å². The molecule has 3 rings (SSSR count). The molecule has 1 fully saturated rings. The SMILES string of the molecule is C[C@@H]1[C@H](N(C)c2nc(Cl)nc3c(F)c(Br)c(Cl)cc23)CCN1C(=O)OC(C)(C)C. The lowest BCUT2D eigenvalue weighted by Gasteiger charge is -2.33. The van der Waals surface area contributed by atoms with Crippen molar-refractivity contribution in [1.82, 2.24) is 14.9 Å². The third-order valence-electron chi connectivity index (χ3n) is 4.95. The van der Waals surface area contributed by atoms with Crippen molar-refractivity contribution >= 4 is 61.9 Å². The Morgan fingerprint density at radius 2 is 2.03 bits per heavy atom. The summed E-state index contributed by atoms with van der Waals surface area (Å²) in [4.78, 5) is 24.5. The highest BCUT2D eigenvalue weighted by Gasteiger charge is 2.39. The van der Waals surface area contributed by atoms with E-state index in [4.69, 9.17) is 27.9 Å². The van der Waals surface area contributed by atoms with Crippen LogP contribution >= 0.6 is 39.1 Å². The van der Waals surface area contributed by atoms with Crippen molar-refractivity contribution in [2.45, 2.75) is 51.8 Å². The van der Waals surface area contributed by atoms with Crippen LogP contribution in [-0.4, -0.2) is 52.2 Å². The van der Waals surface area contributed by atoms with E-state index in [1.165, 1.54) is 0 Å². The van der Waals surface area contributed by atoms with Gasteiger partial charge in [0.1, 0.15) is 16.9 Å². The summed E-state index contributed by atoms with van der Waals surface area (Å²) in [6.07, 6.45) is 0.344. The van der Waals surface area contributed by atoms with Crippen LogP contribution in [0.3, 0.4) is 0 Å². The second-order valence-corrected chi connectivity index (χ2v) is 9.62. The van der Waals surface area contributed by atoms with Gasteiger partial charge in [0.05, 0.1) is 21.6 Å². The quantitative estimate of drug-likeness (QED) is 0.387. The summed E-state index contributed by atoms with van der Waals surface area (Å²) in [5, 5.41) is 0.595. The van der Waals surface area contributed by atoms with Gasteiger partial charge < -0.3 is 14.5 Å². The summed E-state index contributed by atoms with van der Waals surface area (Å²) in [5.74, 6) is -0.141. The Bertz CT molecular complexity index is 970. The van der Waals surface area contributed by atoms with Crippen molar-refractivity contribution in [2.24, 2.45) is 0 Å². The number of hydrogen-bond acceptors (Lipinski definition) is 5. The van der Waals surface area contributed by atoms with Gasteiger partial charge in [-0.2, -0.15) is 4.98 Å². The topological polar surface area (TPSA) is 58.6 Å². The average molecular weight is 508 g/mol. The largest absolute Gasteiger partial charge is 0.444 e. The zero-order valence-electron chi connectivity index (χ0n) is 16.8. The van der Waals surface area contributed by atoms with E-state index in [9.17, 15) is 9.18 Å². The van der Waals surface area contributed by atoms with Crippen LogP contribution in [0.4, 0.5) is 15.0 Å². The molecule has 1 aliphatic heterocycles. The van der Waals surface area contributed by atoms with Crippen molar-refractivity contribution < 1.29 is 13.9 Å². The van der Waals surface area contributed by atoms with Crippen LogP contribution in [0.1, 0.15) is 34.1 Å². The molecular weight excluding hydrogens is 486 g/mol. The molecule has 0 N–H and O–H groups in total. The minimum Gasteiger partial charge on any atom is -0.444 e. The molecule has 1 amide bonds. The van der Waals surface area contributed by atoms with Crippen molar-refractivity contribution in [2.75, 3.05) is 18.5 Å². The number of amides is 1. The van der Waals surface area contributed by atoms with Crippen LogP contribution in [0, 0.1) is 5.82 Å². The van der Waals surface area contributed by atoms with E-state index < -0.39 is 11.4 Å². The number of aromatic nitrogens is 2. The Labute approximate surface area is 187 Å². The van der Waals surface area contributed by atoms with Gasteiger partial charge in [-0.25, -0.2) is 14.2 Å². The Morgan fingerprint density at radius 3 is 2.66 bits per heavy atom. The molecule has 1 aliphatic rings. The van der Waals surface area contributed by atoms with E-state index in [0.29, 0.717) is 24.2 Å². The number of halogens is 4. The normalized spacial score (nSPS) is 19.7. The Morgan fingerprint density at radius 1 is 1.38 bits per heavy atom. The van der Waals surface area contributed by atoms with Gasteiger partial charge in [-0.05, 0) is 67.7 Å². The Balaban J connectivity index is 1.96. The molecule has 0 aliphatic carbocycles. The second-order valence-electron chi connectivity index (χ2n) is 8.08. The zero-order chi connectivity index (χ0) is 21.7. The van der Waals surface area contributed by atoms with E-state index in [0.717, 1.165) is 0 Å². The molecule has 6 nitrogen and oxygen atoms in total. The van der Waals surface area contributed by atoms with Gasteiger partial charge in [0, 0.05) is 19.0 Å². The predicted molar refractivity (Wildman–Crippen MR) is 116 cm³/mol. The molecule has 2 heterocycles. The molecule has 0 radical (unpaired) electrons. The molecule has 2 aromatic rings. The highest BCUT2D eigenvalue weighted by molar-refractivity contribution is 9.10. The Kier molecular flexibility index (Phi) is 6.18. The van der Waals surface area contributed by atoms with Crippen molar-refractivity contribution in [1.29, 1.82) is 0 Å². The van der Waals surface area contributed by atoms with Gasteiger partial charge in [-0.15, -0.1) is 0 Å². The molecular formula is C19H22BrCl2FN4O2. The summed E-state index contributed by atoms with van der Waals surface area (Å²) in [6, 6.07) is 1.40. The fourth-order valence-corrected chi connectivity index (χ4v) is 4.23. The third-order valence-corrected chi connectivity index (χ3v) is 6.42. The number of anilines is 1. The molecule has 0 bridgehead atoms. The number of likely N-dealkylation sites (tertiary alicyclic amines) is 1. The van der Waals surface area contributed by atoms with Crippen molar-refractivity contribution in [3.05, 3.63) is 26.7 Å². The zero-order valence-corrected chi connectivity index (χ0v) is 19.9. The maximum Gasteiger partial charge on any atom is 0.410 e. The van der Waals surface area contributed by atoms with E-state index in [1.807, 2.05) is 39.6 Å². The predicted octanol–water partition coefficient (Wildman–Crippen LogP) is 5.67. The molecule has 29 heavy (non-hydrogen) atoms. The molecule has 0 saturated carbocycles. The van der Waals surface area contributed by atoms with E-state index in [2.05, 4.69) is 25.9 Å². The summed E-state index contributed by atoms with van der Waals surface area (Å²) in [5.41, 5.74) is -0.489. The standard InChI is InChI=1S/C19H22BrCl2FN4O2/c1-9-12(6-7-27(9)18(28)29-19(2,3)4)26(5)16-10-8-11(21)13(20)14(23)15(10)24-17(22)25-16/h8-9,12H,6-7H2,1-5H3/t9-,12-/m1/s1. The molecule has 1 saturated heterocycles. The van der Waals surface area contributed by atoms with E-state index in [-0.39, 0.29) is 38.5 Å². The first kappa shape index (κ1) is 22.3. The van der Waals surface area contributed by atoms with Crippen LogP contribution < -0.4 is 4.90 Å². The number of rotatable bonds is 2. The van der Waals surface area contributed by atoms with Gasteiger partial charge >= 0.3 is 6.09 Å². The fraction of sp³-hybridized carbons (Fsp3) is 0.526. The minimum absolute atomic E-state index is 0.0674. The number of carbonyl (C=O) groups is 1. The first-order valence-corrected chi connectivity index (χ1v) is 10.7. The smallest absolute Gasteiger partial charge is 0.410 e. The molecule has 0 unspecified atom stereocenters. The van der Waals surface area contributed by atoms with Crippen LogP contribution in [0.25, 0.3) is 10.9 Å². The van der Waals surface area contributed by atoms with Crippen LogP contribution in [0.15, 0.2) is 10.5 Å². The fourth-order valence-electron chi connectivity index (χ4n) is 3.58. The number of carbonyl (C=O) groups excluding carboxylic acids is 1. The summed E-state index contributed by atoms with van der Waals surface area (Å²) < 4.78 is 20.3. The first-order valence-electron chi connectivity index (χ1n) is 9.14. The maximum absolute atomic E-state index is 14.7. The second kappa shape index (κ2) is 8.04. The molecule has 158 valence electrons. The molecule has 2 atom stereocenters. The number of fused-ring (bicyclic) bond motifs is 1. The van der Waals surface area contributed by atoms with E-state index in [1.54, 1.807) is 11.0 Å². The average Bonchev–Trinajstić information content (AvgIpc) is 2.99. The van der Waals surface area contributed by atoms with Crippen LogP contribution in [0.2, 0.25) is 10.3 Å². The monoisotopic (exact) mass is 506 g/mol. The van der Waals surface area contributed by atoms with Gasteiger partial charge in [0.25, 0.3) is 0 Å². The molecule has 1 aromatic carbocycles. The van der Waals surface area contributed by atoms with Gasteiger partial charge in [0.2, 0.25) is 5.28 Å². The highest BCUT2D eigenvalue weighted by Crippen LogP contribution is 2.37. The summed E-state index contributed by atoms with van der Waals surface area (Å²) in [7, 11) is 1.84. The summed E-state index contributed by atoms with van der Waals surface area (Å²) in [6.45, 7) is 8.00. The van der Waals surface area contributed by atoms with Crippen molar-refractivity contribution in [3.63, 3.8) is 0 Å². The lowest BCUT2D eigenvalue weighted by atomic mass is 10.1. The molecule has 1 aromatic heterocycles. The lowest BCUT2D eigenvalue weighted by Crippen LogP contribution is -2.45. The molecule has 10 heteroatoms. The van der Waals surface area contributed by atoms with Crippen LogP contribution in [-0.2, 0) is 4.74 Å². The minimum atomic E-state index is -0.596. The van der Waals surface area contributed by atoms with Gasteiger partial charge in [0.15, 0.2) is 5.82 Å². The number of benzene rings is 1. The maximum atomic E-state index is 14.7. The first-order chi connectivity index (χ1) is 13.4. The summed E-state index contributed by atoms with van der Waals surface area (Å²) >= 11 is 15.4. The van der Waals surface area contributed by atoms with Gasteiger partial charge in [-0.3, -0.25) is 0 Å². The van der Waals surface area contributed by atoms with Gasteiger partial charge in [-0.1, -0.05) is 11.6 Å². The number of hydrogen-bond donors (Lipinski definition) is 0. The van der Waals surface area contributed by atoms with Crippen LogP contribution in [0.5, 0.6) is 0 Å².